The second-order valence-electron chi connectivity index (χ2n) is 6.74. The molecule has 0 saturated heterocycles. The lowest BCUT2D eigenvalue weighted by Gasteiger charge is -2.29. The Bertz CT molecular complexity index is 1040. The Labute approximate surface area is 146 Å². The van der Waals surface area contributed by atoms with E-state index in [0.29, 0.717) is 30.6 Å². The normalized spacial score (nSPS) is 13.8. The van der Waals surface area contributed by atoms with Crippen LogP contribution in [0.1, 0.15) is 32.6 Å². The molecule has 2 aromatic carbocycles. The molecule has 126 valence electrons. The van der Waals surface area contributed by atoms with Crippen molar-refractivity contribution in [1.29, 1.82) is 0 Å². The first-order valence-electron chi connectivity index (χ1n) is 8.54. The van der Waals surface area contributed by atoms with Gasteiger partial charge in [0, 0.05) is 28.6 Å². The standard InChI is InChI=1S/C21H20N2O2/c1-13-10-17-16-8-9-23(21(25)15-6-4-3-5-7-15)12-18(16)20(24)22-19(17)11-14(13)2/h3-7,10-11H,8-9,12H2,1-2H3,(H,22,24). The van der Waals surface area contributed by atoms with E-state index in [1.165, 1.54) is 11.1 Å². The number of aryl methyl sites for hydroxylation is 2. The Morgan fingerprint density at radius 3 is 2.52 bits per heavy atom. The van der Waals surface area contributed by atoms with Gasteiger partial charge in [0.05, 0.1) is 6.54 Å². The maximum atomic E-state index is 12.7. The van der Waals surface area contributed by atoms with E-state index < -0.39 is 0 Å². The molecule has 0 bridgehead atoms. The number of amides is 1. The summed E-state index contributed by atoms with van der Waals surface area (Å²) in [6.07, 6.45) is 0.705. The Hall–Kier alpha value is -2.88. The molecule has 3 aromatic rings. The van der Waals surface area contributed by atoms with E-state index in [4.69, 9.17) is 0 Å². The van der Waals surface area contributed by atoms with Gasteiger partial charge in [-0.25, -0.2) is 0 Å². The molecule has 4 rings (SSSR count). The SMILES string of the molecule is Cc1cc2[nH]c(=O)c3c(c2cc1C)CCN(C(=O)c1ccccc1)C3. The zero-order valence-corrected chi connectivity index (χ0v) is 14.4. The first-order valence-corrected chi connectivity index (χ1v) is 8.54. The first kappa shape index (κ1) is 15.6. The number of aromatic nitrogens is 1. The number of carbonyl (C=O) groups is 1. The van der Waals surface area contributed by atoms with Crippen molar-refractivity contribution >= 4 is 16.8 Å². The predicted octanol–water partition coefficient (Wildman–Crippen LogP) is 3.34. The van der Waals surface area contributed by atoms with Gasteiger partial charge >= 0.3 is 0 Å². The molecule has 0 fully saturated rings. The fourth-order valence-electron chi connectivity index (χ4n) is 3.57. The van der Waals surface area contributed by atoms with Gasteiger partial charge in [0.15, 0.2) is 0 Å². The highest BCUT2D eigenvalue weighted by Gasteiger charge is 2.25. The second kappa shape index (κ2) is 5.88. The zero-order valence-electron chi connectivity index (χ0n) is 14.4. The van der Waals surface area contributed by atoms with Crippen LogP contribution in [0.15, 0.2) is 47.3 Å². The Kier molecular flexibility index (Phi) is 3.68. The van der Waals surface area contributed by atoms with Crippen LogP contribution in [0, 0.1) is 13.8 Å². The molecule has 1 amide bonds. The number of benzene rings is 2. The summed E-state index contributed by atoms with van der Waals surface area (Å²) >= 11 is 0. The molecule has 4 nitrogen and oxygen atoms in total. The quantitative estimate of drug-likeness (QED) is 0.743. The van der Waals surface area contributed by atoms with Crippen LogP contribution in [-0.4, -0.2) is 22.3 Å². The van der Waals surface area contributed by atoms with Crippen molar-refractivity contribution in [2.75, 3.05) is 6.54 Å². The van der Waals surface area contributed by atoms with E-state index in [0.717, 1.165) is 16.5 Å². The maximum Gasteiger partial charge on any atom is 0.254 e. The van der Waals surface area contributed by atoms with Crippen LogP contribution in [0.4, 0.5) is 0 Å². The molecule has 0 atom stereocenters. The lowest BCUT2D eigenvalue weighted by molar-refractivity contribution is 0.0734. The van der Waals surface area contributed by atoms with Crippen molar-refractivity contribution in [3.63, 3.8) is 0 Å². The minimum atomic E-state index is -0.0867. The molecule has 1 N–H and O–H groups in total. The molecule has 1 aliphatic heterocycles. The van der Waals surface area contributed by atoms with Crippen LogP contribution in [-0.2, 0) is 13.0 Å². The number of rotatable bonds is 1. The number of aromatic amines is 1. The summed E-state index contributed by atoms with van der Waals surface area (Å²) in [5.41, 5.74) is 5.63. The molecule has 1 aromatic heterocycles. The highest BCUT2D eigenvalue weighted by molar-refractivity contribution is 5.94. The highest BCUT2D eigenvalue weighted by Crippen LogP contribution is 2.26. The van der Waals surface area contributed by atoms with Gasteiger partial charge in [0.25, 0.3) is 11.5 Å². The van der Waals surface area contributed by atoms with Gasteiger partial charge in [-0.3, -0.25) is 9.59 Å². The van der Waals surface area contributed by atoms with Gasteiger partial charge in [-0.05, 0) is 61.2 Å². The van der Waals surface area contributed by atoms with Crippen LogP contribution in [0.2, 0.25) is 0 Å². The van der Waals surface area contributed by atoms with Crippen molar-refractivity contribution in [2.24, 2.45) is 0 Å². The Morgan fingerprint density at radius 1 is 1.04 bits per heavy atom. The van der Waals surface area contributed by atoms with Crippen LogP contribution in [0.25, 0.3) is 10.9 Å². The number of nitrogens with one attached hydrogen (secondary N) is 1. The summed E-state index contributed by atoms with van der Waals surface area (Å²) in [6, 6.07) is 13.4. The van der Waals surface area contributed by atoms with E-state index in [1.54, 1.807) is 4.90 Å². The van der Waals surface area contributed by atoms with Gasteiger partial charge in [-0.2, -0.15) is 0 Å². The van der Waals surface area contributed by atoms with Crippen molar-refractivity contribution in [2.45, 2.75) is 26.8 Å². The van der Waals surface area contributed by atoms with Crippen LogP contribution >= 0.6 is 0 Å². The van der Waals surface area contributed by atoms with Crippen LogP contribution in [0.5, 0.6) is 0 Å². The van der Waals surface area contributed by atoms with Gasteiger partial charge < -0.3 is 9.88 Å². The molecular formula is C21H20N2O2. The summed E-state index contributed by atoms with van der Waals surface area (Å²) in [7, 11) is 0. The lowest BCUT2D eigenvalue weighted by Crippen LogP contribution is -2.39. The smallest absolute Gasteiger partial charge is 0.254 e. The number of carbonyl (C=O) groups excluding carboxylic acids is 1. The van der Waals surface area contributed by atoms with E-state index in [-0.39, 0.29) is 11.5 Å². The molecule has 1 aliphatic rings. The zero-order chi connectivity index (χ0) is 17.6. The number of hydrogen-bond donors (Lipinski definition) is 1. The highest BCUT2D eigenvalue weighted by atomic mass is 16.2. The van der Waals surface area contributed by atoms with Crippen molar-refractivity contribution in [3.05, 3.63) is 80.6 Å². The molecule has 0 aliphatic carbocycles. The van der Waals surface area contributed by atoms with E-state index in [1.807, 2.05) is 43.3 Å². The topological polar surface area (TPSA) is 53.2 Å². The van der Waals surface area contributed by atoms with Gasteiger partial charge in [-0.15, -0.1) is 0 Å². The van der Waals surface area contributed by atoms with Gasteiger partial charge in [0.1, 0.15) is 0 Å². The van der Waals surface area contributed by atoms with Crippen molar-refractivity contribution < 1.29 is 4.79 Å². The fraction of sp³-hybridized carbons (Fsp3) is 0.238. The van der Waals surface area contributed by atoms with Crippen molar-refractivity contribution in [1.82, 2.24) is 9.88 Å². The number of pyridine rings is 1. The minimum Gasteiger partial charge on any atom is -0.334 e. The molecule has 2 heterocycles. The number of H-pyrrole nitrogens is 1. The van der Waals surface area contributed by atoms with E-state index >= 15 is 0 Å². The first-order chi connectivity index (χ1) is 12.0. The lowest BCUT2D eigenvalue weighted by atomic mass is 9.94. The molecule has 0 saturated carbocycles. The number of hydrogen-bond acceptors (Lipinski definition) is 2. The summed E-state index contributed by atoms with van der Waals surface area (Å²) in [4.78, 5) is 30.0. The van der Waals surface area contributed by atoms with Crippen LogP contribution < -0.4 is 5.56 Å². The molecule has 25 heavy (non-hydrogen) atoms. The molecule has 0 radical (unpaired) electrons. The monoisotopic (exact) mass is 332 g/mol. The fourth-order valence-corrected chi connectivity index (χ4v) is 3.57. The van der Waals surface area contributed by atoms with E-state index in [2.05, 4.69) is 18.0 Å². The Balaban J connectivity index is 1.77. The number of fused-ring (bicyclic) bond motifs is 3. The van der Waals surface area contributed by atoms with Crippen LogP contribution in [0.3, 0.4) is 0 Å². The molecule has 0 spiro atoms. The summed E-state index contributed by atoms with van der Waals surface area (Å²) in [6.45, 7) is 5.13. The third kappa shape index (κ3) is 2.64. The predicted molar refractivity (Wildman–Crippen MR) is 98.9 cm³/mol. The summed E-state index contributed by atoms with van der Waals surface area (Å²) < 4.78 is 0. The summed E-state index contributed by atoms with van der Waals surface area (Å²) in [5.74, 6) is -0.0224. The maximum absolute atomic E-state index is 12.7. The van der Waals surface area contributed by atoms with E-state index in [9.17, 15) is 9.59 Å². The molecular weight excluding hydrogens is 312 g/mol. The third-order valence-electron chi connectivity index (χ3n) is 5.13. The summed E-state index contributed by atoms with van der Waals surface area (Å²) in [5, 5.41) is 1.10. The number of nitrogens with zero attached hydrogens (tertiary/aromatic N) is 1. The Morgan fingerprint density at radius 2 is 1.76 bits per heavy atom. The van der Waals surface area contributed by atoms with Crippen molar-refractivity contribution in [3.8, 4) is 0 Å². The minimum absolute atomic E-state index is 0.0224. The average molecular weight is 332 g/mol. The molecule has 0 unspecified atom stereocenters. The van der Waals surface area contributed by atoms with Gasteiger partial charge in [-0.1, -0.05) is 18.2 Å². The largest absolute Gasteiger partial charge is 0.334 e. The average Bonchev–Trinajstić information content (AvgIpc) is 2.63. The second-order valence-corrected chi connectivity index (χ2v) is 6.74. The van der Waals surface area contributed by atoms with Gasteiger partial charge in [0.2, 0.25) is 0 Å². The molecule has 4 heteroatoms. The third-order valence-corrected chi connectivity index (χ3v) is 5.13.